The highest BCUT2D eigenvalue weighted by Crippen LogP contribution is 2.26. The number of halogens is 1. The summed E-state index contributed by atoms with van der Waals surface area (Å²) in [5.41, 5.74) is 6.64. The SMILES string of the molecule is CCN(c1ccc(F)c(N)c1)S(=O)(=O)c1cccc(C)c1. The van der Waals surface area contributed by atoms with E-state index < -0.39 is 15.8 Å². The minimum atomic E-state index is -3.70. The zero-order chi connectivity index (χ0) is 15.6. The number of nitrogens with zero attached hydrogens (tertiary/aromatic N) is 1. The molecule has 6 heteroatoms. The van der Waals surface area contributed by atoms with E-state index >= 15 is 0 Å². The minimum Gasteiger partial charge on any atom is -0.396 e. The first-order valence-corrected chi connectivity index (χ1v) is 7.94. The Morgan fingerprint density at radius 1 is 1.19 bits per heavy atom. The highest BCUT2D eigenvalue weighted by molar-refractivity contribution is 7.92. The Bertz CT molecular complexity index is 760. The number of sulfonamides is 1. The number of nitrogens with two attached hydrogens (primary N) is 1. The Labute approximate surface area is 124 Å². The van der Waals surface area contributed by atoms with Crippen LogP contribution in [0.1, 0.15) is 12.5 Å². The van der Waals surface area contributed by atoms with Gasteiger partial charge in [-0.1, -0.05) is 12.1 Å². The maximum Gasteiger partial charge on any atom is 0.264 e. The van der Waals surface area contributed by atoms with Gasteiger partial charge in [-0.15, -0.1) is 0 Å². The molecule has 0 unspecified atom stereocenters. The maximum atomic E-state index is 13.2. The summed E-state index contributed by atoms with van der Waals surface area (Å²) in [7, 11) is -3.70. The lowest BCUT2D eigenvalue weighted by Gasteiger charge is -2.23. The third kappa shape index (κ3) is 3.00. The van der Waals surface area contributed by atoms with Crippen molar-refractivity contribution in [2.24, 2.45) is 0 Å². The van der Waals surface area contributed by atoms with Crippen LogP contribution in [0.25, 0.3) is 0 Å². The summed E-state index contributed by atoms with van der Waals surface area (Å²) < 4.78 is 39.9. The summed E-state index contributed by atoms with van der Waals surface area (Å²) in [6, 6.07) is 10.6. The van der Waals surface area contributed by atoms with E-state index in [1.165, 1.54) is 28.6 Å². The molecule has 2 aromatic rings. The van der Waals surface area contributed by atoms with Crippen molar-refractivity contribution >= 4 is 21.4 Å². The van der Waals surface area contributed by atoms with Crippen molar-refractivity contribution in [3.05, 3.63) is 53.8 Å². The lowest BCUT2D eigenvalue weighted by molar-refractivity contribution is 0.591. The molecule has 2 aromatic carbocycles. The smallest absolute Gasteiger partial charge is 0.264 e. The molecule has 0 radical (unpaired) electrons. The summed E-state index contributed by atoms with van der Waals surface area (Å²) in [5, 5.41) is 0. The van der Waals surface area contributed by atoms with E-state index in [1.807, 2.05) is 13.0 Å². The summed E-state index contributed by atoms with van der Waals surface area (Å²) in [4.78, 5) is 0.201. The minimum absolute atomic E-state index is 0.0783. The molecule has 0 saturated heterocycles. The molecule has 0 aliphatic rings. The van der Waals surface area contributed by atoms with E-state index in [4.69, 9.17) is 5.73 Å². The molecule has 0 heterocycles. The average Bonchev–Trinajstić information content (AvgIpc) is 2.43. The van der Waals surface area contributed by atoms with E-state index in [9.17, 15) is 12.8 Å². The quantitative estimate of drug-likeness (QED) is 0.883. The van der Waals surface area contributed by atoms with Crippen molar-refractivity contribution in [3.63, 3.8) is 0 Å². The summed E-state index contributed by atoms with van der Waals surface area (Å²) in [5.74, 6) is -0.567. The Balaban J connectivity index is 2.51. The molecule has 0 aliphatic carbocycles. The van der Waals surface area contributed by atoms with Crippen molar-refractivity contribution in [1.82, 2.24) is 0 Å². The predicted octanol–water partition coefficient (Wildman–Crippen LogP) is 2.93. The van der Waals surface area contributed by atoms with E-state index in [0.29, 0.717) is 5.69 Å². The Morgan fingerprint density at radius 2 is 1.90 bits per heavy atom. The van der Waals surface area contributed by atoms with Crippen LogP contribution in [0, 0.1) is 12.7 Å². The van der Waals surface area contributed by atoms with Crippen molar-refractivity contribution in [2.75, 3.05) is 16.6 Å². The van der Waals surface area contributed by atoms with Crippen LogP contribution in [-0.2, 0) is 10.0 Å². The number of nitrogen functional groups attached to an aromatic ring is 1. The summed E-state index contributed by atoms with van der Waals surface area (Å²) in [6.07, 6.45) is 0. The van der Waals surface area contributed by atoms with Gasteiger partial charge in [0, 0.05) is 6.54 Å². The van der Waals surface area contributed by atoms with Gasteiger partial charge in [0.1, 0.15) is 5.82 Å². The molecule has 0 aromatic heterocycles. The van der Waals surface area contributed by atoms with Gasteiger partial charge in [-0.05, 0) is 49.7 Å². The van der Waals surface area contributed by atoms with Crippen molar-refractivity contribution in [3.8, 4) is 0 Å². The van der Waals surface area contributed by atoms with Crippen LogP contribution in [-0.4, -0.2) is 15.0 Å². The van der Waals surface area contributed by atoms with Crippen LogP contribution < -0.4 is 10.0 Å². The van der Waals surface area contributed by atoms with Gasteiger partial charge in [0.15, 0.2) is 0 Å². The van der Waals surface area contributed by atoms with Crippen LogP contribution in [0.5, 0.6) is 0 Å². The molecule has 0 atom stereocenters. The first-order chi connectivity index (χ1) is 9.86. The van der Waals surface area contributed by atoms with Crippen molar-refractivity contribution in [1.29, 1.82) is 0 Å². The van der Waals surface area contributed by atoms with Crippen LogP contribution >= 0.6 is 0 Å². The van der Waals surface area contributed by atoms with Gasteiger partial charge in [-0.25, -0.2) is 12.8 Å². The second-order valence-corrected chi connectivity index (χ2v) is 6.55. The van der Waals surface area contributed by atoms with Gasteiger partial charge in [0.05, 0.1) is 16.3 Å². The molecule has 112 valence electrons. The molecule has 2 rings (SSSR count). The Morgan fingerprint density at radius 3 is 2.48 bits per heavy atom. The van der Waals surface area contributed by atoms with E-state index in [-0.39, 0.29) is 17.1 Å². The fraction of sp³-hybridized carbons (Fsp3) is 0.200. The number of anilines is 2. The molecule has 0 saturated carbocycles. The number of hydrogen-bond acceptors (Lipinski definition) is 3. The standard InChI is InChI=1S/C15H17FN2O2S/c1-3-18(12-7-8-14(16)15(17)10-12)21(19,20)13-6-4-5-11(2)9-13/h4-10H,3,17H2,1-2H3. The van der Waals surface area contributed by atoms with Gasteiger partial charge in [0.2, 0.25) is 0 Å². The second-order valence-electron chi connectivity index (χ2n) is 4.69. The van der Waals surface area contributed by atoms with Crippen LogP contribution in [0.4, 0.5) is 15.8 Å². The molecule has 0 fully saturated rings. The highest BCUT2D eigenvalue weighted by atomic mass is 32.2. The molecular formula is C15H17FN2O2S. The zero-order valence-electron chi connectivity index (χ0n) is 11.9. The Kier molecular flexibility index (Phi) is 4.18. The molecule has 0 spiro atoms. The third-order valence-electron chi connectivity index (χ3n) is 3.13. The average molecular weight is 308 g/mol. The Hall–Kier alpha value is -2.08. The largest absolute Gasteiger partial charge is 0.396 e. The van der Waals surface area contributed by atoms with E-state index in [1.54, 1.807) is 19.1 Å². The molecule has 0 aliphatic heterocycles. The molecule has 4 nitrogen and oxygen atoms in total. The van der Waals surface area contributed by atoms with Crippen LogP contribution in [0.3, 0.4) is 0 Å². The zero-order valence-corrected chi connectivity index (χ0v) is 12.7. The second kappa shape index (κ2) is 5.73. The number of benzene rings is 2. The molecule has 21 heavy (non-hydrogen) atoms. The van der Waals surface area contributed by atoms with Crippen LogP contribution in [0.15, 0.2) is 47.4 Å². The van der Waals surface area contributed by atoms with Crippen molar-refractivity contribution in [2.45, 2.75) is 18.7 Å². The van der Waals surface area contributed by atoms with Crippen molar-refractivity contribution < 1.29 is 12.8 Å². The van der Waals surface area contributed by atoms with E-state index in [2.05, 4.69) is 0 Å². The molecule has 0 amide bonds. The number of aryl methyl sites for hydroxylation is 1. The summed E-state index contributed by atoms with van der Waals surface area (Å²) in [6.45, 7) is 3.76. The lowest BCUT2D eigenvalue weighted by Crippen LogP contribution is -2.30. The summed E-state index contributed by atoms with van der Waals surface area (Å²) >= 11 is 0. The van der Waals surface area contributed by atoms with Gasteiger partial charge in [-0.3, -0.25) is 4.31 Å². The van der Waals surface area contributed by atoms with Gasteiger partial charge in [-0.2, -0.15) is 0 Å². The van der Waals surface area contributed by atoms with E-state index in [0.717, 1.165) is 5.56 Å². The molecule has 2 N–H and O–H groups in total. The van der Waals surface area contributed by atoms with Gasteiger partial charge >= 0.3 is 0 Å². The monoisotopic (exact) mass is 308 g/mol. The fourth-order valence-corrected chi connectivity index (χ4v) is 3.65. The normalized spacial score (nSPS) is 11.4. The number of rotatable bonds is 4. The number of hydrogen-bond donors (Lipinski definition) is 1. The first kappa shape index (κ1) is 15.3. The van der Waals surface area contributed by atoms with Crippen LogP contribution in [0.2, 0.25) is 0 Å². The van der Waals surface area contributed by atoms with Gasteiger partial charge in [0.25, 0.3) is 10.0 Å². The molecule has 0 bridgehead atoms. The predicted molar refractivity (Wildman–Crippen MR) is 82.2 cm³/mol. The first-order valence-electron chi connectivity index (χ1n) is 6.50. The highest BCUT2D eigenvalue weighted by Gasteiger charge is 2.24. The van der Waals surface area contributed by atoms with Gasteiger partial charge < -0.3 is 5.73 Å². The topological polar surface area (TPSA) is 63.4 Å². The fourth-order valence-electron chi connectivity index (χ4n) is 2.08. The lowest BCUT2D eigenvalue weighted by atomic mass is 10.2. The maximum absolute atomic E-state index is 13.2. The molecular weight excluding hydrogens is 291 g/mol. The third-order valence-corrected chi connectivity index (χ3v) is 5.03.